The second kappa shape index (κ2) is 18.5. The van der Waals surface area contributed by atoms with Crippen LogP contribution in [0.15, 0.2) is 30.6 Å². The third-order valence-corrected chi connectivity index (χ3v) is 7.49. The predicted octanol–water partition coefficient (Wildman–Crippen LogP) is 1.97. The summed E-state index contributed by atoms with van der Waals surface area (Å²) in [6.07, 6.45) is 6.04. The number of carbonyl (C=O) groups excluding carboxylic acids is 3. The first kappa shape index (κ1) is 40.1. The number of amides is 3. The fourth-order valence-electron chi connectivity index (χ4n) is 4.88. The van der Waals surface area contributed by atoms with Crippen LogP contribution >= 0.6 is 0 Å². The fraction of sp³-hybridized carbons (Fsp3) is 0.419. The molecule has 2 aromatic heterocycles. The molecule has 0 radical (unpaired) electrons. The SMILES string of the molecule is Cc1cc(NC(=O)c2ncc(-c3cn(C4CC4)nc3C(F)(F)F)n2C)ccc1[C-]=O.O=CO.[CH2-]CN(C[CH2-])C(=O)NC1CCCC1.[K+]. The van der Waals surface area contributed by atoms with Crippen LogP contribution in [0.25, 0.3) is 11.3 Å². The Hall–Kier alpha value is -3.05. The van der Waals surface area contributed by atoms with E-state index in [1.54, 1.807) is 24.2 Å². The van der Waals surface area contributed by atoms with Gasteiger partial charge in [-0.15, -0.1) is 24.2 Å². The molecule has 2 saturated carbocycles. The molecule has 0 unspecified atom stereocenters. The molecule has 0 saturated heterocycles. The van der Waals surface area contributed by atoms with Crippen molar-refractivity contribution in [2.24, 2.45) is 7.05 Å². The minimum Gasteiger partial charge on any atom is -0.483 e. The van der Waals surface area contributed by atoms with Crippen LogP contribution in [0.1, 0.15) is 72.0 Å². The summed E-state index contributed by atoms with van der Waals surface area (Å²) in [5.41, 5.74) is 0.455. The van der Waals surface area contributed by atoms with Gasteiger partial charge in [0.25, 0.3) is 12.4 Å². The molecular weight excluding hydrogens is 646 g/mol. The minimum absolute atomic E-state index is 0. The van der Waals surface area contributed by atoms with Crippen molar-refractivity contribution in [2.45, 2.75) is 63.7 Å². The molecule has 0 spiro atoms. The third kappa shape index (κ3) is 11.0. The van der Waals surface area contributed by atoms with Crippen LogP contribution in [0, 0.1) is 20.8 Å². The van der Waals surface area contributed by atoms with Crippen LogP contribution in [0.5, 0.6) is 0 Å². The van der Waals surface area contributed by atoms with Crippen molar-refractivity contribution >= 4 is 30.4 Å². The number of halogens is 3. The van der Waals surface area contributed by atoms with Crippen molar-refractivity contribution in [3.05, 3.63) is 67.1 Å². The number of urea groups is 1. The van der Waals surface area contributed by atoms with Gasteiger partial charge in [-0.05, 0) is 25.7 Å². The first-order valence-electron chi connectivity index (χ1n) is 14.6. The number of imidazole rings is 1. The maximum absolute atomic E-state index is 13.5. The maximum atomic E-state index is 13.5. The van der Waals surface area contributed by atoms with E-state index >= 15 is 0 Å². The molecule has 2 fully saturated rings. The summed E-state index contributed by atoms with van der Waals surface area (Å²) in [6, 6.07) is 5.00. The molecule has 3 aromatic rings. The third-order valence-electron chi connectivity index (χ3n) is 7.49. The Bertz CT molecular complexity index is 1510. The number of hydrogen-bond acceptors (Lipinski definition) is 6. The number of aromatic nitrogens is 4. The van der Waals surface area contributed by atoms with E-state index in [1.807, 2.05) is 0 Å². The van der Waals surface area contributed by atoms with Gasteiger partial charge in [0.15, 0.2) is 11.5 Å². The second-order valence-corrected chi connectivity index (χ2v) is 10.7. The first-order chi connectivity index (χ1) is 21.9. The minimum atomic E-state index is -4.63. The van der Waals surface area contributed by atoms with E-state index in [9.17, 15) is 27.6 Å². The Morgan fingerprint density at radius 3 is 2.30 bits per heavy atom. The molecule has 3 N–H and O–H groups in total. The number of carbonyl (C=O) groups is 3. The van der Waals surface area contributed by atoms with Gasteiger partial charge in [0.2, 0.25) is 0 Å². The van der Waals surface area contributed by atoms with Crippen LogP contribution in [0.4, 0.5) is 23.7 Å². The fourth-order valence-corrected chi connectivity index (χ4v) is 4.88. The van der Waals surface area contributed by atoms with Crippen molar-refractivity contribution in [3.63, 3.8) is 0 Å². The molecule has 2 heterocycles. The van der Waals surface area contributed by atoms with Crippen LogP contribution in [0.3, 0.4) is 0 Å². The number of carboxylic acid groups (broad SMARTS) is 1. The number of aryl methyl sites for hydroxylation is 1. The molecule has 0 bridgehead atoms. The molecule has 0 aliphatic heterocycles. The van der Waals surface area contributed by atoms with Gasteiger partial charge < -0.3 is 43.8 Å². The number of anilines is 1. The van der Waals surface area contributed by atoms with E-state index in [1.165, 1.54) is 53.7 Å². The van der Waals surface area contributed by atoms with Gasteiger partial charge in [0, 0.05) is 25.0 Å². The van der Waals surface area contributed by atoms with Crippen LogP contribution in [-0.2, 0) is 22.8 Å². The molecule has 2 aliphatic carbocycles. The molecule has 3 amide bonds. The zero-order chi connectivity index (χ0) is 34.0. The largest absolute Gasteiger partial charge is 1.00 e. The topological polar surface area (TPSA) is 151 Å². The van der Waals surface area contributed by atoms with E-state index in [-0.39, 0.29) is 87.0 Å². The van der Waals surface area contributed by atoms with Crippen molar-refractivity contribution < 1.29 is 88.8 Å². The Labute approximate surface area is 313 Å². The number of rotatable bonds is 8. The van der Waals surface area contributed by atoms with Crippen molar-refractivity contribution in [1.29, 1.82) is 0 Å². The number of hydrogen-bond donors (Lipinski definition) is 3. The summed E-state index contributed by atoms with van der Waals surface area (Å²) >= 11 is 0. The smallest absolute Gasteiger partial charge is 0.483 e. The molecule has 0 atom stereocenters. The molecule has 16 heteroatoms. The van der Waals surface area contributed by atoms with Crippen LogP contribution in [0.2, 0.25) is 0 Å². The van der Waals surface area contributed by atoms with Crippen LogP contribution < -0.4 is 62.0 Å². The van der Waals surface area contributed by atoms with Gasteiger partial charge >= 0.3 is 63.6 Å². The molecule has 12 nitrogen and oxygen atoms in total. The van der Waals surface area contributed by atoms with Crippen molar-refractivity contribution in [1.82, 2.24) is 29.5 Å². The number of nitrogens with zero attached hydrogens (tertiary/aromatic N) is 5. The molecule has 2 aliphatic rings. The average molecular weight is 684 g/mol. The Morgan fingerprint density at radius 2 is 1.79 bits per heavy atom. The zero-order valence-electron chi connectivity index (χ0n) is 26.6. The van der Waals surface area contributed by atoms with E-state index in [0.29, 0.717) is 35.9 Å². The van der Waals surface area contributed by atoms with Gasteiger partial charge in [0.1, 0.15) is 0 Å². The Balaban J connectivity index is 0.000000379. The van der Waals surface area contributed by atoms with Gasteiger partial charge in [-0.1, -0.05) is 31.9 Å². The maximum Gasteiger partial charge on any atom is 1.00 e. The number of nitrogens with one attached hydrogen (secondary N) is 2. The van der Waals surface area contributed by atoms with E-state index in [4.69, 9.17) is 9.90 Å². The second-order valence-electron chi connectivity index (χ2n) is 10.7. The van der Waals surface area contributed by atoms with Gasteiger partial charge in [0.05, 0.1) is 29.8 Å². The zero-order valence-corrected chi connectivity index (χ0v) is 29.8. The summed E-state index contributed by atoms with van der Waals surface area (Å²) in [5, 5.41) is 16.2. The predicted molar refractivity (Wildman–Crippen MR) is 163 cm³/mol. The van der Waals surface area contributed by atoms with Gasteiger partial charge in [-0.2, -0.15) is 24.3 Å². The monoisotopic (exact) mass is 683 g/mol. The summed E-state index contributed by atoms with van der Waals surface area (Å²) < 4.78 is 43.1. The summed E-state index contributed by atoms with van der Waals surface area (Å²) in [7, 11) is 1.47. The van der Waals surface area contributed by atoms with E-state index in [0.717, 1.165) is 25.7 Å². The standard InChI is InChI=1S/C20H17F3N5O2.C10H18N2O.CH2O2.K/c1-11-7-13(4-3-12(11)10-29)25-19(30)18-24-8-16(27(18)2)15-9-28(14-5-6-14)26-17(15)20(21,22)23;1-3-12(4-2)10(13)11-9-7-5-6-8-9;2-1-3;/h3-4,7-9,14H,5-6H2,1-2H3,(H,25,30);9H,1-8H2,(H,11,13);1H,(H,2,3);/q-1;-2;;+1. The molecule has 1 aromatic carbocycles. The van der Waals surface area contributed by atoms with Gasteiger partial charge in [-0.25, -0.2) is 9.78 Å². The molecular formula is C31H37F3KN7O5-2. The Kier molecular flexibility index (Phi) is 15.8. The molecule has 250 valence electrons. The normalized spacial score (nSPS) is 14.0. The molecule has 47 heavy (non-hydrogen) atoms. The summed E-state index contributed by atoms with van der Waals surface area (Å²) in [4.78, 5) is 48.9. The average Bonchev–Trinajstić information content (AvgIpc) is 3.35. The molecule has 5 rings (SSSR count). The number of benzene rings is 1. The van der Waals surface area contributed by atoms with E-state index in [2.05, 4.69) is 34.6 Å². The summed E-state index contributed by atoms with van der Waals surface area (Å²) in [5.74, 6) is -0.643. The number of alkyl halides is 3. The Morgan fingerprint density at radius 1 is 1.17 bits per heavy atom. The van der Waals surface area contributed by atoms with Crippen molar-refractivity contribution in [2.75, 3.05) is 18.4 Å². The summed E-state index contributed by atoms with van der Waals surface area (Å²) in [6.45, 7) is 9.78. The quantitative estimate of drug-likeness (QED) is 0.187. The first-order valence-corrected chi connectivity index (χ1v) is 14.6. The van der Waals surface area contributed by atoms with Crippen LogP contribution in [-0.4, -0.2) is 73.2 Å². The van der Waals surface area contributed by atoms with E-state index < -0.39 is 17.8 Å². The van der Waals surface area contributed by atoms with Crippen molar-refractivity contribution in [3.8, 4) is 11.3 Å². The van der Waals surface area contributed by atoms with Gasteiger partial charge in [-0.3, -0.25) is 14.3 Å².